The highest BCUT2D eigenvalue weighted by Gasteiger charge is 2.69. The Morgan fingerprint density at radius 3 is 2.42 bits per heavy atom. The smallest absolute Gasteiger partial charge is 0.258 e. The Kier molecular flexibility index (Phi) is 5.91. The van der Waals surface area contributed by atoms with Crippen LogP contribution >= 0.6 is 11.6 Å². The molecule has 0 spiro atoms. The van der Waals surface area contributed by atoms with Gasteiger partial charge < -0.3 is 15.4 Å². The standard InChI is InChI=1S/C22H19ClFN5O4/c23-17-6-5-16(7-18(17)24)33-8-19(30)27-21-9-22(10-21,11-21)28-20(31)14-1-3-15(4-2-14)29(12-25)13-26-32/h1-7H,8-11,13H2,(H,27,30)(H,28,31). The molecule has 3 saturated carbocycles. The number of nitrogens with zero attached hydrogens (tertiary/aromatic N) is 3. The van der Waals surface area contributed by atoms with Crippen molar-refractivity contribution in [1.82, 2.24) is 10.6 Å². The summed E-state index contributed by atoms with van der Waals surface area (Å²) in [6.45, 7) is -0.561. The molecule has 0 aliphatic heterocycles. The van der Waals surface area contributed by atoms with Crippen LogP contribution in [-0.2, 0) is 4.79 Å². The summed E-state index contributed by atoms with van der Waals surface area (Å²) in [5, 5.41) is 17.6. The Hall–Kier alpha value is -3.71. The van der Waals surface area contributed by atoms with Crippen molar-refractivity contribution in [2.24, 2.45) is 5.18 Å². The van der Waals surface area contributed by atoms with Crippen LogP contribution in [0.4, 0.5) is 10.1 Å². The summed E-state index contributed by atoms with van der Waals surface area (Å²) in [7, 11) is 0. The molecule has 3 fully saturated rings. The molecule has 3 aliphatic rings. The highest BCUT2D eigenvalue weighted by molar-refractivity contribution is 6.30. The monoisotopic (exact) mass is 471 g/mol. The Labute approximate surface area is 193 Å². The van der Waals surface area contributed by atoms with Crippen LogP contribution in [0, 0.1) is 22.2 Å². The summed E-state index contributed by atoms with van der Waals surface area (Å²) in [5.74, 6) is -1.000. The highest BCUT2D eigenvalue weighted by atomic mass is 35.5. The van der Waals surface area contributed by atoms with E-state index in [1.807, 2.05) is 6.19 Å². The number of rotatable bonds is 9. The number of halogens is 2. The minimum atomic E-state index is -0.623. The van der Waals surface area contributed by atoms with Gasteiger partial charge in [-0.25, -0.2) is 4.39 Å². The van der Waals surface area contributed by atoms with Crippen molar-refractivity contribution in [1.29, 1.82) is 5.26 Å². The van der Waals surface area contributed by atoms with Gasteiger partial charge in [0.15, 0.2) is 19.5 Å². The average Bonchev–Trinajstić information content (AvgIpc) is 2.76. The number of carbonyl (C=O) groups excluding carboxylic acids is 2. The summed E-state index contributed by atoms with van der Waals surface area (Å²) < 4.78 is 18.7. The van der Waals surface area contributed by atoms with E-state index in [1.54, 1.807) is 24.3 Å². The fourth-order valence-corrected chi connectivity index (χ4v) is 4.55. The summed E-state index contributed by atoms with van der Waals surface area (Å²) in [6.07, 6.45) is 3.68. The third-order valence-corrected chi connectivity index (χ3v) is 6.14. The molecular weight excluding hydrogens is 453 g/mol. The number of benzene rings is 2. The molecule has 2 amide bonds. The first-order valence-electron chi connectivity index (χ1n) is 10.0. The molecule has 5 rings (SSSR count). The van der Waals surface area contributed by atoms with Gasteiger partial charge in [0.25, 0.3) is 11.8 Å². The van der Waals surface area contributed by atoms with Gasteiger partial charge in [-0.15, -0.1) is 4.91 Å². The van der Waals surface area contributed by atoms with E-state index in [9.17, 15) is 18.9 Å². The zero-order valence-corrected chi connectivity index (χ0v) is 18.1. The first kappa shape index (κ1) is 22.5. The van der Waals surface area contributed by atoms with Gasteiger partial charge in [-0.3, -0.25) is 14.5 Å². The number of hydrogen-bond acceptors (Lipinski definition) is 7. The number of amides is 2. The summed E-state index contributed by atoms with van der Waals surface area (Å²) in [6, 6.07) is 10.2. The van der Waals surface area contributed by atoms with Crippen LogP contribution in [0.5, 0.6) is 5.75 Å². The third-order valence-electron chi connectivity index (χ3n) is 5.84. The van der Waals surface area contributed by atoms with Crippen molar-refractivity contribution in [3.63, 3.8) is 0 Å². The van der Waals surface area contributed by atoms with Gasteiger partial charge in [-0.2, -0.15) is 5.26 Å². The van der Waals surface area contributed by atoms with Gasteiger partial charge in [0, 0.05) is 22.7 Å². The van der Waals surface area contributed by atoms with E-state index in [4.69, 9.17) is 21.6 Å². The topological polar surface area (TPSA) is 124 Å². The van der Waals surface area contributed by atoms with Crippen molar-refractivity contribution in [3.05, 3.63) is 63.8 Å². The lowest BCUT2D eigenvalue weighted by Crippen LogP contribution is -2.84. The molecule has 2 aromatic rings. The zero-order chi connectivity index (χ0) is 23.6. The molecule has 0 atom stereocenters. The van der Waals surface area contributed by atoms with Crippen LogP contribution in [0.3, 0.4) is 0 Å². The Morgan fingerprint density at radius 2 is 1.82 bits per heavy atom. The maximum atomic E-state index is 13.4. The van der Waals surface area contributed by atoms with Crippen molar-refractivity contribution >= 4 is 29.1 Å². The van der Waals surface area contributed by atoms with Crippen LogP contribution in [0.25, 0.3) is 0 Å². The van der Waals surface area contributed by atoms with E-state index in [1.165, 1.54) is 12.1 Å². The SMILES string of the molecule is N#CN(CN=O)c1ccc(C(=O)NC23CC(NC(=O)COc4ccc(Cl)c(F)c4)(C2)C3)cc1. The molecule has 0 heterocycles. The molecule has 2 bridgehead atoms. The first-order chi connectivity index (χ1) is 15.8. The maximum Gasteiger partial charge on any atom is 0.258 e. The van der Waals surface area contributed by atoms with E-state index < -0.39 is 5.82 Å². The molecule has 2 N–H and O–H groups in total. The van der Waals surface area contributed by atoms with E-state index in [0.29, 0.717) is 30.5 Å². The molecule has 0 unspecified atom stereocenters. The summed E-state index contributed by atoms with van der Waals surface area (Å²) >= 11 is 5.62. The fourth-order valence-electron chi connectivity index (χ4n) is 4.43. The molecule has 0 saturated heterocycles. The van der Waals surface area contributed by atoms with E-state index in [2.05, 4.69) is 15.8 Å². The Morgan fingerprint density at radius 1 is 1.15 bits per heavy atom. The lowest BCUT2D eigenvalue weighted by molar-refractivity contribution is -0.141. The van der Waals surface area contributed by atoms with Gasteiger partial charge >= 0.3 is 0 Å². The molecular formula is C22H19ClFN5O4. The third kappa shape index (κ3) is 4.59. The molecule has 9 nitrogen and oxygen atoms in total. The Bertz CT molecular complexity index is 1130. The normalized spacial score (nSPS) is 22.1. The van der Waals surface area contributed by atoms with Gasteiger partial charge in [0.2, 0.25) is 0 Å². The van der Waals surface area contributed by atoms with Gasteiger partial charge in [0.1, 0.15) is 11.6 Å². The van der Waals surface area contributed by atoms with Crippen LogP contribution in [-0.4, -0.2) is 36.2 Å². The van der Waals surface area contributed by atoms with E-state index in [0.717, 1.165) is 11.0 Å². The molecule has 0 radical (unpaired) electrons. The average molecular weight is 472 g/mol. The van der Waals surface area contributed by atoms with E-state index in [-0.39, 0.29) is 46.9 Å². The second-order valence-corrected chi connectivity index (χ2v) is 8.71. The van der Waals surface area contributed by atoms with Crippen molar-refractivity contribution < 1.29 is 18.7 Å². The van der Waals surface area contributed by atoms with Gasteiger partial charge in [-0.05, 0) is 60.8 Å². The number of ether oxygens (including phenoxy) is 1. The van der Waals surface area contributed by atoms with Crippen LogP contribution in [0.2, 0.25) is 5.02 Å². The van der Waals surface area contributed by atoms with Gasteiger partial charge in [0.05, 0.1) is 10.7 Å². The number of hydrogen-bond donors (Lipinski definition) is 2. The number of carbonyl (C=O) groups is 2. The van der Waals surface area contributed by atoms with E-state index >= 15 is 0 Å². The minimum Gasteiger partial charge on any atom is -0.484 e. The number of nitriles is 1. The summed E-state index contributed by atoms with van der Waals surface area (Å²) in [4.78, 5) is 36.3. The fraction of sp³-hybridized carbons (Fsp3) is 0.318. The molecule has 170 valence electrons. The summed E-state index contributed by atoms with van der Waals surface area (Å²) in [5.41, 5.74) is 0.160. The Balaban J connectivity index is 1.24. The van der Waals surface area contributed by atoms with Crippen molar-refractivity contribution in [3.8, 4) is 11.9 Å². The second-order valence-electron chi connectivity index (χ2n) is 8.30. The number of nitrogens with one attached hydrogen (secondary N) is 2. The minimum absolute atomic E-state index is 0.0247. The second kappa shape index (κ2) is 8.67. The lowest BCUT2D eigenvalue weighted by Gasteiger charge is -2.70. The molecule has 2 aromatic carbocycles. The molecule has 3 aliphatic carbocycles. The van der Waals surface area contributed by atoms with Gasteiger partial charge in [-0.1, -0.05) is 11.6 Å². The first-order valence-corrected chi connectivity index (χ1v) is 10.4. The molecule has 11 heteroatoms. The number of nitroso groups, excluding NO2 is 1. The van der Waals surface area contributed by atoms with Crippen LogP contribution in [0.15, 0.2) is 47.6 Å². The van der Waals surface area contributed by atoms with Crippen LogP contribution in [0.1, 0.15) is 29.6 Å². The largest absolute Gasteiger partial charge is 0.484 e. The van der Waals surface area contributed by atoms with Crippen LogP contribution < -0.4 is 20.3 Å². The molecule has 33 heavy (non-hydrogen) atoms. The van der Waals surface area contributed by atoms with Crippen molar-refractivity contribution in [2.75, 3.05) is 18.2 Å². The lowest BCUT2D eigenvalue weighted by atomic mass is 9.44. The highest BCUT2D eigenvalue weighted by Crippen LogP contribution is 2.60. The predicted octanol–water partition coefficient (Wildman–Crippen LogP) is 3.09. The predicted molar refractivity (Wildman–Crippen MR) is 117 cm³/mol. The molecule has 0 aromatic heterocycles. The maximum absolute atomic E-state index is 13.4. The number of anilines is 1. The van der Waals surface area contributed by atoms with Crippen molar-refractivity contribution in [2.45, 2.75) is 30.3 Å². The quantitative estimate of drug-likeness (QED) is 0.329. The zero-order valence-electron chi connectivity index (χ0n) is 17.3.